The molecule has 0 saturated heterocycles. The number of amides is 1. The summed E-state index contributed by atoms with van der Waals surface area (Å²) in [7, 11) is -4.12. The Labute approximate surface area is 206 Å². The molecule has 0 N–H and O–H groups in total. The second kappa shape index (κ2) is 9.74. The van der Waals surface area contributed by atoms with Crippen molar-refractivity contribution < 1.29 is 35.7 Å². The third-order valence-electron chi connectivity index (χ3n) is 5.44. The quantitative estimate of drug-likeness (QED) is 0.316. The molecule has 0 atom stereocenters. The van der Waals surface area contributed by atoms with Crippen LogP contribution < -0.4 is 13.7 Å². The molecule has 1 aromatic heterocycles. The first kappa shape index (κ1) is 23.4. The van der Waals surface area contributed by atoms with Crippen LogP contribution in [0.25, 0.3) is 0 Å². The summed E-state index contributed by atoms with van der Waals surface area (Å²) < 4.78 is 59.3. The van der Waals surface area contributed by atoms with Crippen LogP contribution in [0.2, 0.25) is 0 Å². The van der Waals surface area contributed by atoms with Crippen LogP contribution in [0.3, 0.4) is 0 Å². The molecule has 0 fully saturated rings. The first-order chi connectivity index (χ1) is 17.4. The van der Waals surface area contributed by atoms with Gasteiger partial charge in [-0.1, -0.05) is 12.1 Å². The number of carbonyl (C=O) groups excluding carboxylic acids is 1. The molecule has 5 rings (SSSR count). The van der Waals surface area contributed by atoms with Gasteiger partial charge in [-0.15, -0.1) is 0 Å². The smallest absolute Gasteiger partial charge is 0.339 e. The summed E-state index contributed by atoms with van der Waals surface area (Å²) in [5.74, 6) is 0.979. The van der Waals surface area contributed by atoms with E-state index in [4.69, 9.17) is 18.1 Å². The number of rotatable bonds is 8. The average molecular weight is 510 g/mol. The fourth-order valence-corrected chi connectivity index (χ4v) is 4.58. The molecule has 1 aliphatic rings. The standard InChI is InChI=1S/C26H20FNO7S/c27-20-6-10-23(11-7-20)36(30,31)35-21-8-3-18(4-9-21)15-28(16-22-2-1-13-32-22)26(29)19-5-12-24-25(14-19)34-17-33-24/h1-14H,15-17H2. The Morgan fingerprint density at radius 2 is 1.67 bits per heavy atom. The van der Waals surface area contributed by atoms with Crippen molar-refractivity contribution in [1.29, 1.82) is 0 Å². The molecule has 4 aromatic rings. The minimum absolute atomic E-state index is 0.0859. The van der Waals surface area contributed by atoms with Crippen LogP contribution in [0.5, 0.6) is 17.2 Å². The molecule has 1 aliphatic heterocycles. The average Bonchev–Trinajstić information content (AvgIpc) is 3.56. The topological polar surface area (TPSA) is 95.3 Å². The van der Waals surface area contributed by atoms with Crippen LogP contribution >= 0.6 is 0 Å². The SMILES string of the molecule is O=C(c1ccc2c(c1)OCO2)N(Cc1ccc(OS(=O)(=O)c2ccc(F)cc2)cc1)Cc1ccco1. The van der Waals surface area contributed by atoms with Gasteiger partial charge >= 0.3 is 10.1 Å². The molecule has 1 amide bonds. The zero-order valence-corrected chi connectivity index (χ0v) is 19.6. The number of carbonyl (C=O) groups is 1. The van der Waals surface area contributed by atoms with Gasteiger partial charge in [-0.2, -0.15) is 8.42 Å². The highest BCUT2D eigenvalue weighted by Gasteiger charge is 2.22. The first-order valence-corrected chi connectivity index (χ1v) is 12.3. The molecule has 0 radical (unpaired) electrons. The van der Waals surface area contributed by atoms with Crippen molar-refractivity contribution in [3.05, 3.63) is 108 Å². The number of halogens is 1. The molecular weight excluding hydrogens is 489 g/mol. The van der Waals surface area contributed by atoms with Gasteiger partial charge in [0.1, 0.15) is 22.2 Å². The Morgan fingerprint density at radius 3 is 2.39 bits per heavy atom. The summed E-state index contributed by atoms with van der Waals surface area (Å²) >= 11 is 0. The highest BCUT2D eigenvalue weighted by atomic mass is 32.2. The van der Waals surface area contributed by atoms with Crippen LogP contribution in [0, 0.1) is 5.82 Å². The number of nitrogens with zero attached hydrogens (tertiary/aromatic N) is 1. The molecule has 0 bridgehead atoms. The minimum Gasteiger partial charge on any atom is -0.467 e. The van der Waals surface area contributed by atoms with Crippen molar-refractivity contribution in [3.8, 4) is 17.2 Å². The number of hydrogen-bond donors (Lipinski definition) is 0. The molecule has 10 heteroatoms. The van der Waals surface area contributed by atoms with E-state index in [-0.39, 0.29) is 36.4 Å². The Morgan fingerprint density at radius 1 is 0.917 bits per heavy atom. The lowest BCUT2D eigenvalue weighted by molar-refractivity contribution is 0.0717. The Bertz CT molecular complexity index is 1470. The summed E-state index contributed by atoms with van der Waals surface area (Å²) in [6.07, 6.45) is 1.53. The summed E-state index contributed by atoms with van der Waals surface area (Å²) in [4.78, 5) is 14.8. The lowest BCUT2D eigenvalue weighted by Gasteiger charge is -2.22. The summed E-state index contributed by atoms with van der Waals surface area (Å²) in [5.41, 5.74) is 1.17. The summed E-state index contributed by atoms with van der Waals surface area (Å²) in [6, 6.07) is 19.2. The highest BCUT2D eigenvalue weighted by Crippen LogP contribution is 2.33. The predicted molar refractivity (Wildman–Crippen MR) is 126 cm³/mol. The maximum Gasteiger partial charge on any atom is 0.339 e. The molecule has 3 aromatic carbocycles. The Balaban J connectivity index is 1.33. The molecular formula is C26H20FNO7S. The Kier molecular flexibility index (Phi) is 6.34. The van der Waals surface area contributed by atoms with Crippen molar-refractivity contribution in [2.45, 2.75) is 18.0 Å². The number of furan rings is 1. The third kappa shape index (κ3) is 5.18. The van der Waals surface area contributed by atoms with Crippen LogP contribution in [0.15, 0.2) is 94.4 Å². The lowest BCUT2D eigenvalue weighted by atomic mass is 10.1. The third-order valence-corrected chi connectivity index (χ3v) is 6.70. The van der Waals surface area contributed by atoms with Crippen LogP contribution in [-0.4, -0.2) is 26.0 Å². The molecule has 184 valence electrons. The molecule has 36 heavy (non-hydrogen) atoms. The fraction of sp³-hybridized carbons (Fsp3) is 0.115. The molecule has 8 nitrogen and oxygen atoms in total. The van der Waals surface area contributed by atoms with Gasteiger partial charge in [-0.05, 0) is 72.3 Å². The Hall–Kier alpha value is -4.31. The molecule has 0 saturated carbocycles. The van der Waals surface area contributed by atoms with Gasteiger partial charge in [0.05, 0.1) is 12.8 Å². The molecule has 0 unspecified atom stereocenters. The van der Waals surface area contributed by atoms with E-state index in [1.807, 2.05) is 0 Å². The van der Waals surface area contributed by atoms with Gasteiger partial charge in [-0.25, -0.2) is 4.39 Å². The predicted octanol–water partition coefficient (Wildman–Crippen LogP) is 4.76. The van der Waals surface area contributed by atoms with Gasteiger partial charge in [0, 0.05) is 12.1 Å². The summed E-state index contributed by atoms with van der Waals surface area (Å²) in [6.45, 7) is 0.546. The fourth-order valence-electron chi connectivity index (χ4n) is 3.65. The normalized spacial score (nSPS) is 12.4. The first-order valence-electron chi connectivity index (χ1n) is 10.9. The van der Waals surface area contributed by atoms with E-state index in [0.29, 0.717) is 22.8 Å². The number of fused-ring (bicyclic) bond motifs is 1. The van der Waals surface area contributed by atoms with Gasteiger partial charge in [0.25, 0.3) is 5.91 Å². The van der Waals surface area contributed by atoms with E-state index in [0.717, 1.165) is 29.8 Å². The second-order valence-electron chi connectivity index (χ2n) is 7.94. The zero-order chi connectivity index (χ0) is 25.1. The van der Waals surface area contributed by atoms with E-state index in [1.165, 1.54) is 18.4 Å². The van der Waals surface area contributed by atoms with Crippen molar-refractivity contribution in [2.75, 3.05) is 6.79 Å². The minimum atomic E-state index is -4.12. The van der Waals surface area contributed by atoms with Gasteiger partial charge < -0.3 is 23.0 Å². The van der Waals surface area contributed by atoms with E-state index >= 15 is 0 Å². The zero-order valence-electron chi connectivity index (χ0n) is 18.8. The number of benzene rings is 3. The highest BCUT2D eigenvalue weighted by molar-refractivity contribution is 7.87. The second-order valence-corrected chi connectivity index (χ2v) is 9.49. The van der Waals surface area contributed by atoms with Gasteiger partial charge in [0.2, 0.25) is 6.79 Å². The number of ether oxygens (including phenoxy) is 2. The van der Waals surface area contributed by atoms with E-state index in [1.54, 1.807) is 47.4 Å². The molecule has 0 spiro atoms. The molecule has 0 aliphatic carbocycles. The van der Waals surface area contributed by atoms with E-state index in [9.17, 15) is 17.6 Å². The van der Waals surface area contributed by atoms with Crippen molar-refractivity contribution in [2.24, 2.45) is 0 Å². The van der Waals surface area contributed by atoms with Crippen LogP contribution in [-0.2, 0) is 23.2 Å². The van der Waals surface area contributed by atoms with E-state index < -0.39 is 15.9 Å². The van der Waals surface area contributed by atoms with Crippen LogP contribution in [0.4, 0.5) is 4.39 Å². The van der Waals surface area contributed by atoms with Crippen molar-refractivity contribution in [1.82, 2.24) is 4.90 Å². The monoisotopic (exact) mass is 509 g/mol. The maximum atomic E-state index is 13.4. The molecule has 2 heterocycles. The van der Waals surface area contributed by atoms with Crippen LogP contribution in [0.1, 0.15) is 21.7 Å². The maximum absolute atomic E-state index is 13.4. The lowest BCUT2D eigenvalue weighted by Crippen LogP contribution is -2.30. The summed E-state index contributed by atoms with van der Waals surface area (Å²) in [5, 5.41) is 0. The largest absolute Gasteiger partial charge is 0.467 e. The van der Waals surface area contributed by atoms with Crippen molar-refractivity contribution >= 4 is 16.0 Å². The van der Waals surface area contributed by atoms with Crippen molar-refractivity contribution in [3.63, 3.8) is 0 Å². The van der Waals surface area contributed by atoms with Gasteiger partial charge in [-0.3, -0.25) is 4.79 Å². The van der Waals surface area contributed by atoms with E-state index in [2.05, 4.69) is 0 Å². The number of hydrogen-bond acceptors (Lipinski definition) is 7. The van der Waals surface area contributed by atoms with Gasteiger partial charge in [0.15, 0.2) is 11.5 Å².